The molecule has 1 saturated heterocycles. The Morgan fingerprint density at radius 2 is 1.86 bits per heavy atom. The van der Waals surface area contributed by atoms with Crippen molar-refractivity contribution in [1.29, 1.82) is 0 Å². The number of nitrogens with zero attached hydrogens (tertiary/aromatic N) is 4. The molecule has 0 spiro atoms. The molecule has 220 valence electrons. The molecular weight excluding hydrogens is 568 g/mol. The number of thioether (sulfide) groups is 1. The number of likely N-dealkylation sites (tertiary alicyclic amines) is 1. The van der Waals surface area contributed by atoms with Crippen LogP contribution in [0.15, 0.2) is 65.5 Å². The number of halogens is 1. The second-order valence-electron chi connectivity index (χ2n) is 11.8. The molecule has 0 atom stereocenters. The van der Waals surface area contributed by atoms with Gasteiger partial charge in [-0.2, -0.15) is 0 Å². The number of carboxylic acid groups (broad SMARTS) is 1. The predicted octanol–water partition coefficient (Wildman–Crippen LogP) is 6.77. The SMILES string of the molecule is CC(C)(C)N(CCSc1ccnc2c1CCc1cc(Cl)ccc1C2=C1CCN(C(=O)Cc2cccnc2)CC1)C(=O)O. The van der Waals surface area contributed by atoms with Crippen LogP contribution >= 0.6 is 23.4 Å². The van der Waals surface area contributed by atoms with Gasteiger partial charge in [0, 0.05) is 65.0 Å². The summed E-state index contributed by atoms with van der Waals surface area (Å²) in [6.45, 7) is 7.53. The maximum absolute atomic E-state index is 13.0. The van der Waals surface area contributed by atoms with Crippen LogP contribution in [0.3, 0.4) is 0 Å². The van der Waals surface area contributed by atoms with Gasteiger partial charge in [-0.1, -0.05) is 29.3 Å². The summed E-state index contributed by atoms with van der Waals surface area (Å²) in [7, 11) is 0. The van der Waals surface area contributed by atoms with Crippen LogP contribution in [0.1, 0.15) is 61.6 Å². The number of carbonyl (C=O) groups excluding carboxylic acids is 1. The number of hydrogen-bond donors (Lipinski definition) is 1. The van der Waals surface area contributed by atoms with Crippen molar-refractivity contribution in [2.75, 3.05) is 25.4 Å². The third-order valence-corrected chi connectivity index (χ3v) is 9.31. The Bertz CT molecular complexity index is 1490. The Balaban J connectivity index is 1.42. The molecule has 1 aromatic carbocycles. The number of amides is 2. The Morgan fingerprint density at radius 3 is 2.55 bits per heavy atom. The van der Waals surface area contributed by atoms with Gasteiger partial charge < -0.3 is 14.9 Å². The molecular formula is C33H37ClN4O3S. The number of carbonyl (C=O) groups is 2. The van der Waals surface area contributed by atoms with Gasteiger partial charge >= 0.3 is 6.09 Å². The molecule has 1 aliphatic heterocycles. The van der Waals surface area contributed by atoms with E-state index in [1.54, 1.807) is 24.2 Å². The van der Waals surface area contributed by atoms with Crippen LogP contribution in [0.2, 0.25) is 5.02 Å². The molecule has 2 amide bonds. The smallest absolute Gasteiger partial charge is 0.407 e. The van der Waals surface area contributed by atoms with Gasteiger partial charge in [-0.3, -0.25) is 14.8 Å². The van der Waals surface area contributed by atoms with E-state index in [-0.39, 0.29) is 5.91 Å². The number of hydrogen-bond acceptors (Lipinski definition) is 5. The van der Waals surface area contributed by atoms with Crippen molar-refractivity contribution >= 4 is 40.9 Å². The van der Waals surface area contributed by atoms with E-state index in [0.29, 0.717) is 31.8 Å². The van der Waals surface area contributed by atoms with Gasteiger partial charge in [0.25, 0.3) is 0 Å². The molecule has 0 saturated carbocycles. The van der Waals surface area contributed by atoms with Gasteiger partial charge in [-0.15, -0.1) is 11.8 Å². The number of pyridine rings is 2. The minimum absolute atomic E-state index is 0.128. The first kappa shape index (κ1) is 30.1. The van der Waals surface area contributed by atoms with Crippen LogP contribution in [0.25, 0.3) is 5.57 Å². The Kier molecular flexibility index (Phi) is 9.23. The molecule has 9 heteroatoms. The fourth-order valence-corrected chi connectivity index (χ4v) is 7.07. The molecule has 0 radical (unpaired) electrons. The van der Waals surface area contributed by atoms with Crippen LogP contribution in [0.5, 0.6) is 0 Å². The Hall–Kier alpha value is -3.36. The first-order valence-electron chi connectivity index (χ1n) is 14.4. The Morgan fingerprint density at radius 1 is 1.07 bits per heavy atom. The highest BCUT2D eigenvalue weighted by Gasteiger charge is 2.29. The van der Waals surface area contributed by atoms with Gasteiger partial charge in [0.2, 0.25) is 5.91 Å². The van der Waals surface area contributed by atoms with E-state index in [2.05, 4.69) is 23.2 Å². The summed E-state index contributed by atoms with van der Waals surface area (Å²) in [5.74, 6) is 0.779. The van der Waals surface area contributed by atoms with Crippen molar-refractivity contribution in [2.45, 2.75) is 63.3 Å². The lowest BCUT2D eigenvalue weighted by molar-refractivity contribution is -0.130. The average molecular weight is 605 g/mol. The standard InChI is InChI=1S/C33H37ClN4O3S/c1-33(2,3)38(32(40)41)17-18-42-28-10-14-36-31-27(28)8-6-24-20-25(34)7-9-26(24)30(31)23-11-15-37(16-12-23)29(39)19-22-5-4-13-35-21-22/h4-5,7,9-10,13-14,20-21H,6,8,11-12,15-19H2,1-3H3,(H,40,41). The molecule has 1 N–H and O–H groups in total. The predicted molar refractivity (Wildman–Crippen MR) is 168 cm³/mol. The second-order valence-corrected chi connectivity index (χ2v) is 13.4. The normalized spacial score (nSPS) is 15.1. The zero-order valence-electron chi connectivity index (χ0n) is 24.4. The highest BCUT2D eigenvalue weighted by atomic mass is 35.5. The molecule has 7 nitrogen and oxygen atoms in total. The molecule has 42 heavy (non-hydrogen) atoms. The maximum atomic E-state index is 13.0. The summed E-state index contributed by atoms with van der Waals surface area (Å²) in [6, 6.07) is 12.0. The molecule has 1 aliphatic carbocycles. The van der Waals surface area contributed by atoms with Crippen LogP contribution in [-0.2, 0) is 24.1 Å². The van der Waals surface area contributed by atoms with E-state index in [1.807, 2.05) is 50.1 Å². The van der Waals surface area contributed by atoms with E-state index in [9.17, 15) is 14.7 Å². The highest BCUT2D eigenvalue weighted by Crippen LogP contribution is 2.41. The first-order valence-corrected chi connectivity index (χ1v) is 15.8. The number of aromatic nitrogens is 2. The monoisotopic (exact) mass is 604 g/mol. The molecule has 0 bridgehead atoms. The molecule has 5 rings (SSSR count). The summed E-state index contributed by atoms with van der Waals surface area (Å²) in [6.07, 6.45) is 8.04. The summed E-state index contributed by atoms with van der Waals surface area (Å²) < 4.78 is 0. The van der Waals surface area contributed by atoms with Gasteiger partial charge in [0.1, 0.15) is 0 Å². The third-order valence-electron chi connectivity index (χ3n) is 8.00. The largest absolute Gasteiger partial charge is 0.465 e. The first-order chi connectivity index (χ1) is 20.1. The topological polar surface area (TPSA) is 86.6 Å². The molecule has 3 heterocycles. The number of rotatable bonds is 6. The molecule has 1 fully saturated rings. The van der Waals surface area contributed by atoms with Crippen molar-refractivity contribution < 1.29 is 14.7 Å². The van der Waals surface area contributed by atoms with E-state index >= 15 is 0 Å². The fourth-order valence-electron chi connectivity index (χ4n) is 5.86. The van der Waals surface area contributed by atoms with E-state index < -0.39 is 11.6 Å². The molecule has 2 aliphatic rings. The molecule has 3 aromatic rings. The quantitative estimate of drug-likeness (QED) is 0.313. The minimum Gasteiger partial charge on any atom is -0.465 e. The molecule has 0 unspecified atom stereocenters. The fraction of sp³-hybridized carbons (Fsp3) is 0.394. The van der Waals surface area contributed by atoms with Crippen LogP contribution in [0, 0.1) is 0 Å². The lowest BCUT2D eigenvalue weighted by atomic mass is 9.88. The lowest BCUT2D eigenvalue weighted by Gasteiger charge is -2.33. The van der Waals surface area contributed by atoms with Crippen LogP contribution in [0.4, 0.5) is 4.79 Å². The van der Waals surface area contributed by atoms with Crippen molar-refractivity contribution in [2.24, 2.45) is 0 Å². The van der Waals surface area contributed by atoms with Crippen molar-refractivity contribution in [3.8, 4) is 0 Å². The summed E-state index contributed by atoms with van der Waals surface area (Å²) >= 11 is 8.14. The zero-order valence-corrected chi connectivity index (χ0v) is 26.0. The van der Waals surface area contributed by atoms with Gasteiger partial charge in [0.05, 0.1) is 12.1 Å². The summed E-state index contributed by atoms with van der Waals surface area (Å²) in [5.41, 5.74) is 7.51. The Labute approximate surface area is 257 Å². The van der Waals surface area contributed by atoms with Gasteiger partial charge in [0.15, 0.2) is 0 Å². The summed E-state index contributed by atoms with van der Waals surface area (Å²) in [5, 5.41) is 10.4. The minimum atomic E-state index is -0.902. The summed E-state index contributed by atoms with van der Waals surface area (Å²) in [4.78, 5) is 38.6. The van der Waals surface area contributed by atoms with Crippen LogP contribution in [-0.4, -0.2) is 67.8 Å². The van der Waals surface area contributed by atoms with E-state index in [4.69, 9.17) is 16.6 Å². The lowest BCUT2D eigenvalue weighted by Crippen LogP contribution is -2.46. The second kappa shape index (κ2) is 12.9. The van der Waals surface area contributed by atoms with Crippen molar-refractivity contribution in [3.05, 3.63) is 93.5 Å². The van der Waals surface area contributed by atoms with E-state index in [1.165, 1.54) is 27.2 Å². The highest BCUT2D eigenvalue weighted by molar-refractivity contribution is 7.99. The van der Waals surface area contributed by atoms with Gasteiger partial charge in [-0.05, 0) is 93.0 Å². The number of fused-ring (bicyclic) bond motifs is 2. The zero-order chi connectivity index (χ0) is 29.9. The molecule has 2 aromatic heterocycles. The maximum Gasteiger partial charge on any atom is 0.407 e. The number of piperidine rings is 1. The number of aryl methyl sites for hydroxylation is 1. The third kappa shape index (κ3) is 6.81. The van der Waals surface area contributed by atoms with Crippen molar-refractivity contribution in [1.82, 2.24) is 19.8 Å². The van der Waals surface area contributed by atoms with E-state index in [0.717, 1.165) is 52.4 Å². The van der Waals surface area contributed by atoms with Crippen LogP contribution < -0.4 is 0 Å². The number of benzene rings is 1. The average Bonchev–Trinajstić information content (AvgIpc) is 3.12. The van der Waals surface area contributed by atoms with Crippen molar-refractivity contribution in [3.63, 3.8) is 0 Å². The van der Waals surface area contributed by atoms with Gasteiger partial charge in [-0.25, -0.2) is 4.79 Å².